The number of non-ortho nitro benzene ring substituents is 2. The van der Waals surface area contributed by atoms with Gasteiger partial charge in [-0.2, -0.15) is 0 Å². The van der Waals surface area contributed by atoms with E-state index in [4.69, 9.17) is 0 Å². The average molecular weight is 323 g/mol. The Morgan fingerprint density at radius 2 is 1.39 bits per heavy atom. The molecule has 0 radical (unpaired) electrons. The molecule has 0 aromatic heterocycles. The first kappa shape index (κ1) is 18.5. The summed E-state index contributed by atoms with van der Waals surface area (Å²) in [7, 11) is 0. The van der Waals surface area contributed by atoms with Crippen molar-refractivity contribution in [1.82, 2.24) is 4.90 Å². The lowest BCUT2D eigenvalue weighted by Crippen LogP contribution is -2.44. The zero-order valence-corrected chi connectivity index (χ0v) is 13.7. The molecule has 0 aliphatic heterocycles. The first-order valence-corrected chi connectivity index (χ1v) is 7.49. The van der Waals surface area contributed by atoms with Crippen LogP contribution in [-0.2, 0) is 0 Å². The molecule has 1 amide bonds. The summed E-state index contributed by atoms with van der Waals surface area (Å²) < 4.78 is 0. The first-order valence-electron chi connectivity index (χ1n) is 7.49. The van der Waals surface area contributed by atoms with Crippen molar-refractivity contribution in [2.45, 2.75) is 52.6 Å². The number of carbonyl (C=O) groups excluding carboxylic acids is 1. The molecule has 0 saturated heterocycles. The minimum absolute atomic E-state index is 0.0356. The number of benzene rings is 1. The van der Waals surface area contributed by atoms with Crippen molar-refractivity contribution in [3.8, 4) is 0 Å². The molecule has 2 atom stereocenters. The van der Waals surface area contributed by atoms with Crippen LogP contribution in [0, 0.1) is 20.2 Å². The Bertz CT molecular complexity index is 575. The summed E-state index contributed by atoms with van der Waals surface area (Å²) in [6.07, 6.45) is 1.43. The van der Waals surface area contributed by atoms with E-state index in [2.05, 4.69) is 0 Å². The van der Waals surface area contributed by atoms with Gasteiger partial charge in [0.1, 0.15) is 0 Å². The summed E-state index contributed by atoms with van der Waals surface area (Å²) in [6.45, 7) is 7.64. The Kier molecular flexibility index (Phi) is 6.18. The van der Waals surface area contributed by atoms with E-state index in [0.29, 0.717) is 12.8 Å². The van der Waals surface area contributed by atoms with Crippen molar-refractivity contribution in [3.05, 3.63) is 44.0 Å². The average Bonchev–Trinajstić information content (AvgIpc) is 2.53. The minimum atomic E-state index is -0.735. The smallest absolute Gasteiger partial charge is 0.277 e. The molecular weight excluding hydrogens is 302 g/mol. The van der Waals surface area contributed by atoms with Gasteiger partial charge in [0.25, 0.3) is 17.3 Å². The number of hydrogen-bond donors (Lipinski definition) is 0. The third-order valence-electron chi connectivity index (χ3n) is 3.94. The van der Waals surface area contributed by atoms with Crippen molar-refractivity contribution >= 4 is 17.3 Å². The zero-order valence-electron chi connectivity index (χ0n) is 13.7. The minimum Gasteiger partial charge on any atom is -0.333 e. The quantitative estimate of drug-likeness (QED) is 0.563. The lowest BCUT2D eigenvalue weighted by atomic mass is 10.1. The van der Waals surface area contributed by atoms with Crippen LogP contribution in [0.3, 0.4) is 0 Å². The van der Waals surface area contributed by atoms with Crippen LogP contribution in [0.5, 0.6) is 0 Å². The normalized spacial score (nSPS) is 13.2. The third-order valence-corrected chi connectivity index (χ3v) is 3.94. The third kappa shape index (κ3) is 4.24. The van der Waals surface area contributed by atoms with Gasteiger partial charge >= 0.3 is 0 Å². The molecule has 8 heteroatoms. The van der Waals surface area contributed by atoms with Crippen molar-refractivity contribution in [2.75, 3.05) is 0 Å². The van der Waals surface area contributed by atoms with E-state index in [9.17, 15) is 25.0 Å². The highest BCUT2D eigenvalue weighted by Gasteiger charge is 2.28. The molecule has 23 heavy (non-hydrogen) atoms. The molecule has 0 fully saturated rings. The maximum absolute atomic E-state index is 12.8. The molecule has 2 unspecified atom stereocenters. The first-order chi connectivity index (χ1) is 10.7. The summed E-state index contributed by atoms with van der Waals surface area (Å²) in [5.74, 6) is -0.430. The summed E-state index contributed by atoms with van der Waals surface area (Å²) in [5, 5.41) is 21.9. The van der Waals surface area contributed by atoms with Gasteiger partial charge in [-0.3, -0.25) is 25.0 Å². The second kappa shape index (κ2) is 7.66. The van der Waals surface area contributed by atoms with Gasteiger partial charge in [0.15, 0.2) is 0 Å². The summed E-state index contributed by atoms with van der Waals surface area (Å²) in [6, 6.07) is 2.89. The Morgan fingerprint density at radius 3 is 1.70 bits per heavy atom. The molecule has 0 heterocycles. The zero-order chi connectivity index (χ0) is 17.7. The van der Waals surface area contributed by atoms with Gasteiger partial charge in [-0.1, -0.05) is 13.8 Å². The number of amides is 1. The molecule has 8 nitrogen and oxygen atoms in total. The van der Waals surface area contributed by atoms with Crippen molar-refractivity contribution in [3.63, 3.8) is 0 Å². The second-order valence-electron chi connectivity index (χ2n) is 5.48. The fourth-order valence-corrected chi connectivity index (χ4v) is 2.31. The van der Waals surface area contributed by atoms with Crippen molar-refractivity contribution in [1.29, 1.82) is 0 Å². The Morgan fingerprint density at radius 1 is 1.00 bits per heavy atom. The monoisotopic (exact) mass is 323 g/mol. The van der Waals surface area contributed by atoms with Crippen LogP contribution in [0.2, 0.25) is 0 Å². The fourth-order valence-electron chi connectivity index (χ4n) is 2.31. The maximum atomic E-state index is 12.8. The molecule has 0 bridgehead atoms. The van der Waals surface area contributed by atoms with E-state index < -0.39 is 27.1 Å². The Hall–Kier alpha value is -2.51. The fraction of sp³-hybridized carbons (Fsp3) is 0.533. The van der Waals surface area contributed by atoms with Crippen LogP contribution in [0.25, 0.3) is 0 Å². The molecule has 0 aliphatic rings. The second-order valence-corrected chi connectivity index (χ2v) is 5.48. The lowest BCUT2D eigenvalue weighted by molar-refractivity contribution is -0.394. The van der Waals surface area contributed by atoms with Crippen molar-refractivity contribution < 1.29 is 14.6 Å². The van der Waals surface area contributed by atoms with Gasteiger partial charge in [0, 0.05) is 24.2 Å². The van der Waals surface area contributed by atoms with E-state index in [1.165, 1.54) is 0 Å². The predicted octanol–water partition coefficient (Wildman–Crippen LogP) is 3.54. The summed E-state index contributed by atoms with van der Waals surface area (Å²) in [5.41, 5.74) is -0.960. The molecule has 1 rings (SSSR count). The number of hydrogen-bond acceptors (Lipinski definition) is 5. The van der Waals surface area contributed by atoms with Crippen LogP contribution in [-0.4, -0.2) is 32.7 Å². The van der Waals surface area contributed by atoms with E-state index in [1.807, 2.05) is 27.7 Å². The molecular formula is C15H21N3O5. The van der Waals surface area contributed by atoms with Gasteiger partial charge < -0.3 is 4.90 Å². The highest BCUT2D eigenvalue weighted by Crippen LogP contribution is 2.25. The molecule has 1 aromatic rings. The number of rotatable bonds is 7. The van der Waals surface area contributed by atoms with Crippen LogP contribution in [0.15, 0.2) is 18.2 Å². The van der Waals surface area contributed by atoms with Crippen molar-refractivity contribution in [2.24, 2.45) is 0 Å². The summed E-state index contributed by atoms with van der Waals surface area (Å²) >= 11 is 0. The molecule has 0 spiro atoms. The van der Waals surface area contributed by atoms with E-state index in [-0.39, 0.29) is 17.6 Å². The van der Waals surface area contributed by atoms with Gasteiger partial charge in [0.05, 0.1) is 21.5 Å². The van der Waals surface area contributed by atoms with E-state index >= 15 is 0 Å². The van der Waals surface area contributed by atoms with Gasteiger partial charge in [-0.05, 0) is 26.7 Å². The summed E-state index contributed by atoms with van der Waals surface area (Å²) in [4.78, 5) is 34.8. The Balaban J connectivity index is 3.38. The predicted molar refractivity (Wildman–Crippen MR) is 85.4 cm³/mol. The standard InChI is InChI=1S/C15H21N3O5/c1-5-10(3)16(11(4)6-2)15(19)12-7-13(17(20)21)9-14(8-12)18(22)23/h7-11H,5-6H2,1-4H3. The Labute approximate surface area is 134 Å². The SMILES string of the molecule is CCC(C)N(C(=O)c1cc([N+](=O)[O-])cc([N+](=O)[O-])c1)C(C)CC. The molecule has 0 saturated carbocycles. The van der Waals surface area contributed by atoms with Crippen LogP contribution in [0.1, 0.15) is 50.9 Å². The highest BCUT2D eigenvalue weighted by molar-refractivity contribution is 5.96. The topological polar surface area (TPSA) is 107 Å². The largest absolute Gasteiger partial charge is 0.333 e. The molecule has 0 aliphatic carbocycles. The van der Waals surface area contributed by atoms with E-state index in [0.717, 1.165) is 18.2 Å². The number of nitrogens with zero attached hydrogens (tertiary/aromatic N) is 3. The highest BCUT2D eigenvalue weighted by atomic mass is 16.6. The van der Waals surface area contributed by atoms with Gasteiger partial charge in [-0.15, -0.1) is 0 Å². The maximum Gasteiger partial charge on any atom is 0.277 e. The van der Waals surface area contributed by atoms with E-state index in [1.54, 1.807) is 4.90 Å². The molecule has 126 valence electrons. The van der Waals surface area contributed by atoms with Crippen LogP contribution < -0.4 is 0 Å². The number of nitro groups is 2. The molecule has 0 N–H and O–H groups in total. The van der Waals surface area contributed by atoms with Crippen LogP contribution >= 0.6 is 0 Å². The lowest BCUT2D eigenvalue weighted by Gasteiger charge is -2.34. The van der Waals surface area contributed by atoms with Crippen LogP contribution in [0.4, 0.5) is 11.4 Å². The number of nitro benzene ring substituents is 2. The van der Waals surface area contributed by atoms with Gasteiger partial charge in [0.2, 0.25) is 0 Å². The number of carbonyl (C=O) groups is 1. The van der Waals surface area contributed by atoms with Gasteiger partial charge in [-0.25, -0.2) is 0 Å². The molecule has 1 aromatic carbocycles.